The lowest BCUT2D eigenvalue weighted by atomic mass is 9.59. The molecular weight excluding hydrogens is 595 g/mol. The first-order chi connectivity index (χ1) is 23.0. The van der Waals surface area contributed by atoms with Crippen molar-refractivity contribution in [2.24, 2.45) is 5.41 Å². The molecule has 0 N–H and O–H groups in total. The highest BCUT2D eigenvalue weighted by atomic mass is 19.1. The van der Waals surface area contributed by atoms with Crippen LogP contribution in [0.5, 0.6) is 0 Å². The molecule has 0 atom stereocenters. The molecule has 8 rings (SSSR count). The Kier molecular flexibility index (Phi) is 6.99. The predicted molar refractivity (Wildman–Crippen MR) is 192 cm³/mol. The number of halogens is 1. The Hall–Kier alpha value is -4.65. The standard InChI is InChI=1S/C41H43FN6/c1-39(2)30-20-19-28(23-31(30)40(3,4)41(39,5)6)33-24-32(42)29(25-43-33)36-44-37(47-21-11-15-26-13-7-9-17-34(26)47)46-38(45-36)48-22-12-16-27-14-8-10-18-35(27)48/h7-10,13-14,17-20,23-25H,11-12,15-16,21-22H2,1-6H3. The van der Waals surface area contributed by atoms with Gasteiger partial charge in [-0.05, 0) is 82.4 Å². The Labute approximate surface area is 283 Å². The Morgan fingerprint density at radius 2 is 1.21 bits per heavy atom. The van der Waals surface area contributed by atoms with Gasteiger partial charge in [-0.25, -0.2) is 4.39 Å². The minimum Gasteiger partial charge on any atom is -0.310 e. The highest BCUT2D eigenvalue weighted by molar-refractivity contribution is 5.71. The zero-order valence-corrected chi connectivity index (χ0v) is 28.8. The van der Waals surface area contributed by atoms with Crippen LogP contribution in [0.1, 0.15) is 76.6 Å². The van der Waals surface area contributed by atoms with E-state index in [1.54, 1.807) is 6.20 Å². The van der Waals surface area contributed by atoms with E-state index in [9.17, 15) is 0 Å². The van der Waals surface area contributed by atoms with E-state index >= 15 is 4.39 Å². The maximum absolute atomic E-state index is 16.4. The molecule has 0 radical (unpaired) electrons. The smallest absolute Gasteiger partial charge is 0.235 e. The first-order valence-electron chi connectivity index (χ1n) is 17.3. The van der Waals surface area contributed by atoms with E-state index in [0.29, 0.717) is 17.6 Å². The average molecular weight is 639 g/mol. The summed E-state index contributed by atoms with van der Waals surface area (Å²) in [5, 5.41) is 0. The van der Waals surface area contributed by atoms with E-state index < -0.39 is 5.82 Å². The first kappa shape index (κ1) is 30.7. The number of aryl methyl sites for hydroxylation is 2. The number of rotatable bonds is 4. The molecule has 0 amide bonds. The summed E-state index contributed by atoms with van der Waals surface area (Å²) >= 11 is 0. The van der Waals surface area contributed by atoms with Crippen LogP contribution in [-0.4, -0.2) is 33.0 Å². The summed E-state index contributed by atoms with van der Waals surface area (Å²) in [6, 6.07) is 24.8. The van der Waals surface area contributed by atoms with Gasteiger partial charge in [0, 0.05) is 42.3 Å². The molecule has 6 nitrogen and oxygen atoms in total. The van der Waals surface area contributed by atoms with Gasteiger partial charge in [-0.1, -0.05) is 90.1 Å². The fraction of sp³-hybridized carbons (Fsp3) is 0.366. The van der Waals surface area contributed by atoms with Gasteiger partial charge in [-0.3, -0.25) is 4.98 Å². The zero-order chi connectivity index (χ0) is 33.4. The topological polar surface area (TPSA) is 58.0 Å². The molecule has 7 heteroatoms. The lowest BCUT2D eigenvalue weighted by molar-refractivity contribution is 0.125. The molecule has 0 saturated carbocycles. The van der Waals surface area contributed by atoms with Crippen molar-refractivity contribution in [3.8, 4) is 22.6 Å². The van der Waals surface area contributed by atoms with E-state index in [0.717, 1.165) is 55.7 Å². The van der Waals surface area contributed by atoms with Crippen molar-refractivity contribution in [3.63, 3.8) is 0 Å². The first-order valence-corrected chi connectivity index (χ1v) is 17.3. The van der Waals surface area contributed by atoms with Crippen molar-refractivity contribution in [1.29, 1.82) is 0 Å². The van der Waals surface area contributed by atoms with Crippen molar-refractivity contribution in [1.82, 2.24) is 19.9 Å². The average Bonchev–Trinajstić information content (AvgIpc) is 3.20. The van der Waals surface area contributed by atoms with Gasteiger partial charge in [0.25, 0.3) is 0 Å². The number of anilines is 4. The molecule has 1 aliphatic carbocycles. The predicted octanol–water partition coefficient (Wildman–Crippen LogP) is 9.50. The van der Waals surface area contributed by atoms with Crippen LogP contribution < -0.4 is 9.80 Å². The lowest BCUT2D eigenvalue weighted by Crippen LogP contribution is -2.42. The Morgan fingerprint density at radius 1 is 0.646 bits per heavy atom. The summed E-state index contributed by atoms with van der Waals surface area (Å²) in [5.74, 6) is 0.942. The maximum atomic E-state index is 16.4. The van der Waals surface area contributed by atoms with E-state index in [-0.39, 0.29) is 27.6 Å². The highest BCUT2D eigenvalue weighted by Crippen LogP contribution is 2.61. The maximum Gasteiger partial charge on any atom is 0.235 e. The number of hydrogen-bond donors (Lipinski definition) is 0. The second-order valence-corrected chi connectivity index (χ2v) is 15.2. The van der Waals surface area contributed by atoms with Crippen LogP contribution in [0.15, 0.2) is 79.0 Å². The van der Waals surface area contributed by atoms with Crippen molar-refractivity contribution in [2.75, 3.05) is 22.9 Å². The van der Waals surface area contributed by atoms with Gasteiger partial charge in [-0.15, -0.1) is 0 Å². The van der Waals surface area contributed by atoms with E-state index in [2.05, 4.69) is 106 Å². The second kappa shape index (κ2) is 10.9. The largest absolute Gasteiger partial charge is 0.310 e. The Bertz CT molecular complexity index is 1990. The van der Waals surface area contributed by atoms with E-state index in [1.807, 2.05) is 12.1 Å². The highest BCUT2D eigenvalue weighted by Gasteiger charge is 2.56. The molecule has 2 aliphatic heterocycles. The van der Waals surface area contributed by atoms with Crippen LogP contribution in [0.25, 0.3) is 22.6 Å². The fourth-order valence-corrected chi connectivity index (χ4v) is 8.17. The number of benzene rings is 3. The summed E-state index contributed by atoms with van der Waals surface area (Å²) in [4.78, 5) is 24.0. The van der Waals surface area contributed by atoms with Gasteiger partial charge < -0.3 is 9.80 Å². The molecule has 0 saturated heterocycles. The van der Waals surface area contributed by atoms with Crippen molar-refractivity contribution < 1.29 is 4.39 Å². The molecule has 0 spiro atoms. The SMILES string of the molecule is CC1(C)c2ccc(-c3cc(F)c(-c4nc(N5CCCc6ccccc65)nc(N5CCCc6ccccc65)n4)cn3)cc2C(C)(C)C1(C)C. The molecule has 3 aliphatic rings. The fourth-order valence-electron chi connectivity index (χ4n) is 8.17. The van der Waals surface area contributed by atoms with Crippen LogP contribution >= 0.6 is 0 Å². The van der Waals surface area contributed by atoms with Crippen LogP contribution in [0.2, 0.25) is 0 Å². The molecular formula is C41H43FN6. The van der Waals surface area contributed by atoms with Crippen molar-refractivity contribution in [2.45, 2.75) is 78.1 Å². The summed E-state index contributed by atoms with van der Waals surface area (Å²) in [6.45, 7) is 15.5. The lowest BCUT2D eigenvalue weighted by Gasteiger charge is -2.44. The minimum atomic E-state index is -0.401. The Morgan fingerprint density at radius 3 is 1.79 bits per heavy atom. The molecule has 0 unspecified atom stereocenters. The van der Waals surface area contributed by atoms with Crippen molar-refractivity contribution >= 4 is 23.3 Å². The molecule has 0 fully saturated rings. The molecule has 48 heavy (non-hydrogen) atoms. The molecule has 4 heterocycles. The summed E-state index contributed by atoms with van der Waals surface area (Å²) in [5.41, 5.74) is 9.12. The molecule has 5 aromatic rings. The quantitative estimate of drug-likeness (QED) is 0.195. The van der Waals surface area contributed by atoms with Gasteiger partial charge in [0.05, 0.1) is 11.3 Å². The third-order valence-corrected chi connectivity index (χ3v) is 12.2. The zero-order valence-electron chi connectivity index (χ0n) is 28.8. The van der Waals surface area contributed by atoms with Gasteiger partial charge in [-0.2, -0.15) is 15.0 Å². The molecule has 244 valence electrons. The minimum absolute atomic E-state index is 0.00470. The molecule has 0 bridgehead atoms. The Balaban J connectivity index is 1.23. The number of nitrogens with zero attached hydrogens (tertiary/aromatic N) is 6. The number of para-hydroxylation sites is 2. The number of pyridine rings is 1. The van der Waals surface area contributed by atoms with E-state index in [4.69, 9.17) is 19.9 Å². The number of fused-ring (bicyclic) bond motifs is 3. The van der Waals surface area contributed by atoms with Crippen LogP contribution in [0.4, 0.5) is 27.7 Å². The van der Waals surface area contributed by atoms with Gasteiger partial charge >= 0.3 is 0 Å². The van der Waals surface area contributed by atoms with Gasteiger partial charge in [0.15, 0.2) is 5.82 Å². The van der Waals surface area contributed by atoms with Crippen molar-refractivity contribution in [3.05, 3.63) is 107 Å². The normalized spacial score (nSPS) is 18.6. The van der Waals surface area contributed by atoms with Gasteiger partial charge in [0.1, 0.15) is 5.82 Å². The number of aromatic nitrogens is 4. The summed E-state index contributed by atoms with van der Waals surface area (Å²) in [6.07, 6.45) is 5.57. The third-order valence-electron chi connectivity index (χ3n) is 12.2. The van der Waals surface area contributed by atoms with Gasteiger partial charge in [0.2, 0.25) is 11.9 Å². The van der Waals surface area contributed by atoms with Crippen LogP contribution in [-0.2, 0) is 23.7 Å². The monoisotopic (exact) mass is 638 g/mol. The summed E-state index contributed by atoms with van der Waals surface area (Å²) in [7, 11) is 0. The second-order valence-electron chi connectivity index (χ2n) is 15.2. The summed E-state index contributed by atoms with van der Waals surface area (Å²) < 4.78 is 16.4. The van der Waals surface area contributed by atoms with Crippen LogP contribution in [0.3, 0.4) is 0 Å². The third kappa shape index (κ3) is 4.57. The molecule has 3 aromatic carbocycles. The van der Waals surface area contributed by atoms with Crippen LogP contribution in [0, 0.1) is 11.2 Å². The van der Waals surface area contributed by atoms with E-state index in [1.165, 1.54) is 28.3 Å². The molecule has 2 aromatic heterocycles. The number of hydrogen-bond acceptors (Lipinski definition) is 6.